The number of anilines is 1. The molecule has 1 aromatic carbocycles. The fourth-order valence-corrected chi connectivity index (χ4v) is 2.70. The smallest absolute Gasteiger partial charge is 0.227 e. The first-order valence-electron chi connectivity index (χ1n) is 7.10. The summed E-state index contributed by atoms with van der Waals surface area (Å²) >= 11 is 0. The molecule has 114 valence electrons. The summed E-state index contributed by atoms with van der Waals surface area (Å²) in [5, 5.41) is 14.2. The number of benzene rings is 1. The van der Waals surface area contributed by atoms with Gasteiger partial charge in [-0.1, -0.05) is 18.1 Å². The summed E-state index contributed by atoms with van der Waals surface area (Å²) < 4.78 is 13.8. The van der Waals surface area contributed by atoms with Crippen molar-refractivity contribution in [1.29, 1.82) is 0 Å². The van der Waals surface area contributed by atoms with Gasteiger partial charge in [0.15, 0.2) is 5.84 Å². The zero-order valence-corrected chi connectivity index (χ0v) is 12.0. The largest absolute Gasteiger partial charge is 0.409 e. The maximum atomic E-state index is 13.8. The number of carbonyl (C=O) groups is 1. The maximum Gasteiger partial charge on any atom is 0.227 e. The molecule has 2 rings (SSSR count). The average Bonchev–Trinajstić information content (AvgIpc) is 2.47. The van der Waals surface area contributed by atoms with Crippen LogP contribution in [-0.4, -0.2) is 17.0 Å². The van der Waals surface area contributed by atoms with Gasteiger partial charge in [-0.15, -0.1) is 0 Å². The number of rotatable bonds is 3. The third kappa shape index (κ3) is 3.51. The molecule has 0 atom stereocenters. The fraction of sp³-hybridized carbons (Fsp3) is 0.467. The summed E-state index contributed by atoms with van der Waals surface area (Å²) in [4.78, 5) is 12.3. The normalized spacial score (nSPS) is 22.9. The van der Waals surface area contributed by atoms with E-state index in [1.54, 1.807) is 6.07 Å². The Morgan fingerprint density at radius 3 is 2.67 bits per heavy atom. The number of halogens is 1. The van der Waals surface area contributed by atoms with E-state index >= 15 is 0 Å². The quantitative estimate of drug-likeness (QED) is 0.346. The van der Waals surface area contributed by atoms with Crippen molar-refractivity contribution in [1.82, 2.24) is 0 Å². The molecule has 0 radical (unpaired) electrons. The predicted molar refractivity (Wildman–Crippen MR) is 78.7 cm³/mol. The lowest BCUT2D eigenvalue weighted by Crippen LogP contribution is -2.28. The van der Waals surface area contributed by atoms with Crippen molar-refractivity contribution in [3.05, 3.63) is 29.6 Å². The molecule has 1 aromatic rings. The van der Waals surface area contributed by atoms with Gasteiger partial charge >= 0.3 is 0 Å². The van der Waals surface area contributed by atoms with E-state index in [2.05, 4.69) is 17.4 Å². The molecular weight excluding hydrogens is 273 g/mol. The van der Waals surface area contributed by atoms with Crippen LogP contribution in [-0.2, 0) is 4.79 Å². The van der Waals surface area contributed by atoms with Crippen LogP contribution >= 0.6 is 0 Å². The van der Waals surface area contributed by atoms with Crippen molar-refractivity contribution in [2.24, 2.45) is 22.7 Å². The minimum atomic E-state index is -0.639. The Kier molecular flexibility index (Phi) is 4.77. The number of carbonyl (C=O) groups excluding carboxylic acids is 1. The number of nitrogens with two attached hydrogens (primary N) is 1. The zero-order chi connectivity index (χ0) is 15.4. The molecule has 21 heavy (non-hydrogen) atoms. The molecule has 0 spiro atoms. The first-order chi connectivity index (χ1) is 10.0. The van der Waals surface area contributed by atoms with E-state index in [4.69, 9.17) is 10.9 Å². The molecule has 0 saturated heterocycles. The molecule has 1 fully saturated rings. The second kappa shape index (κ2) is 6.56. The Balaban J connectivity index is 2.16. The number of hydrogen-bond acceptors (Lipinski definition) is 3. The lowest BCUT2D eigenvalue weighted by molar-refractivity contribution is -0.121. The number of hydrogen-bond donors (Lipinski definition) is 3. The van der Waals surface area contributed by atoms with E-state index in [0.29, 0.717) is 5.92 Å². The van der Waals surface area contributed by atoms with Crippen molar-refractivity contribution in [2.45, 2.75) is 32.6 Å². The third-order valence-corrected chi connectivity index (χ3v) is 4.02. The summed E-state index contributed by atoms with van der Waals surface area (Å²) in [5.74, 6) is -0.555. The maximum absolute atomic E-state index is 13.8. The summed E-state index contributed by atoms with van der Waals surface area (Å²) in [6.45, 7) is 2.18. The Bertz CT molecular complexity index is 552. The highest BCUT2D eigenvalue weighted by atomic mass is 19.1. The van der Waals surface area contributed by atoms with Crippen LogP contribution in [0.15, 0.2) is 23.4 Å². The van der Waals surface area contributed by atoms with Crippen LogP contribution in [0.1, 0.15) is 38.2 Å². The van der Waals surface area contributed by atoms with Crippen LogP contribution in [0.3, 0.4) is 0 Å². The Hall–Kier alpha value is -2.11. The van der Waals surface area contributed by atoms with Gasteiger partial charge in [0.05, 0.1) is 11.3 Å². The van der Waals surface area contributed by atoms with E-state index < -0.39 is 5.82 Å². The monoisotopic (exact) mass is 293 g/mol. The molecule has 0 aromatic heterocycles. The van der Waals surface area contributed by atoms with Crippen LogP contribution in [0.5, 0.6) is 0 Å². The van der Waals surface area contributed by atoms with Crippen LogP contribution in [0.2, 0.25) is 0 Å². The van der Waals surface area contributed by atoms with Gasteiger partial charge in [0, 0.05) is 5.92 Å². The molecule has 4 N–H and O–H groups in total. The SMILES string of the molecule is CC1CCC(C(=O)Nc2cccc(F)c2/C(N)=N/O)CC1. The minimum absolute atomic E-state index is 0.0652. The number of nitrogens with one attached hydrogen (secondary N) is 1. The molecule has 1 aliphatic rings. The van der Waals surface area contributed by atoms with Gasteiger partial charge in [-0.2, -0.15) is 0 Å². The van der Waals surface area contributed by atoms with E-state index in [0.717, 1.165) is 25.7 Å². The summed E-state index contributed by atoms with van der Waals surface area (Å²) in [7, 11) is 0. The zero-order valence-electron chi connectivity index (χ0n) is 12.0. The number of amidine groups is 1. The van der Waals surface area contributed by atoms with Gasteiger partial charge in [0.1, 0.15) is 5.82 Å². The van der Waals surface area contributed by atoms with Crippen LogP contribution in [0.25, 0.3) is 0 Å². The Morgan fingerprint density at radius 1 is 1.38 bits per heavy atom. The second-order valence-corrected chi connectivity index (χ2v) is 5.59. The molecule has 6 heteroatoms. The van der Waals surface area contributed by atoms with Gasteiger partial charge in [-0.3, -0.25) is 4.79 Å². The van der Waals surface area contributed by atoms with Crippen molar-refractivity contribution >= 4 is 17.4 Å². The standard InChI is InChI=1S/C15H20FN3O2/c1-9-5-7-10(8-6-9)15(20)18-12-4-2-3-11(16)13(12)14(17)19-21/h2-4,9-10,21H,5-8H2,1H3,(H2,17,19)(H,18,20). The third-order valence-electron chi connectivity index (χ3n) is 4.02. The molecule has 0 unspecified atom stereocenters. The lowest BCUT2D eigenvalue weighted by Gasteiger charge is -2.25. The van der Waals surface area contributed by atoms with Gasteiger partial charge < -0.3 is 16.3 Å². The Morgan fingerprint density at radius 2 is 2.05 bits per heavy atom. The summed E-state index contributed by atoms with van der Waals surface area (Å²) in [6, 6.07) is 4.22. The van der Waals surface area contributed by atoms with Crippen LogP contribution < -0.4 is 11.1 Å². The van der Waals surface area contributed by atoms with Crippen LogP contribution in [0.4, 0.5) is 10.1 Å². The second-order valence-electron chi connectivity index (χ2n) is 5.59. The Labute approximate surface area is 123 Å². The molecule has 0 bridgehead atoms. The molecule has 1 aliphatic carbocycles. The van der Waals surface area contributed by atoms with E-state index in [9.17, 15) is 9.18 Å². The van der Waals surface area contributed by atoms with E-state index in [1.165, 1.54) is 12.1 Å². The highest BCUT2D eigenvalue weighted by Gasteiger charge is 2.25. The summed E-state index contributed by atoms with van der Waals surface area (Å²) in [5.41, 5.74) is 5.62. The topological polar surface area (TPSA) is 87.7 Å². The molecule has 0 heterocycles. The minimum Gasteiger partial charge on any atom is -0.409 e. The van der Waals surface area contributed by atoms with Gasteiger partial charge in [-0.05, 0) is 43.7 Å². The average molecular weight is 293 g/mol. The molecule has 0 aliphatic heterocycles. The van der Waals surface area contributed by atoms with Gasteiger partial charge in [0.2, 0.25) is 5.91 Å². The van der Waals surface area contributed by atoms with Crippen molar-refractivity contribution in [2.75, 3.05) is 5.32 Å². The van der Waals surface area contributed by atoms with Crippen molar-refractivity contribution < 1.29 is 14.4 Å². The fourth-order valence-electron chi connectivity index (χ4n) is 2.70. The number of oxime groups is 1. The lowest BCUT2D eigenvalue weighted by atomic mass is 9.82. The van der Waals surface area contributed by atoms with Gasteiger partial charge in [-0.25, -0.2) is 4.39 Å². The molecule has 1 saturated carbocycles. The van der Waals surface area contributed by atoms with E-state index in [1.807, 2.05) is 0 Å². The van der Waals surface area contributed by atoms with Crippen molar-refractivity contribution in [3.8, 4) is 0 Å². The number of nitrogens with zero attached hydrogens (tertiary/aromatic N) is 1. The van der Waals surface area contributed by atoms with E-state index in [-0.39, 0.29) is 28.9 Å². The molecule has 5 nitrogen and oxygen atoms in total. The van der Waals surface area contributed by atoms with Crippen molar-refractivity contribution in [3.63, 3.8) is 0 Å². The predicted octanol–water partition coefficient (Wildman–Crippen LogP) is 2.69. The highest BCUT2D eigenvalue weighted by molar-refractivity contribution is 6.06. The molecular formula is C15H20FN3O2. The first kappa shape index (κ1) is 15.3. The van der Waals surface area contributed by atoms with Crippen LogP contribution in [0, 0.1) is 17.7 Å². The molecule has 1 amide bonds. The number of amides is 1. The first-order valence-corrected chi connectivity index (χ1v) is 7.10. The summed E-state index contributed by atoms with van der Waals surface area (Å²) in [6.07, 6.45) is 3.71. The highest BCUT2D eigenvalue weighted by Crippen LogP contribution is 2.29. The van der Waals surface area contributed by atoms with Gasteiger partial charge in [0.25, 0.3) is 0 Å².